The quantitative estimate of drug-likeness (QED) is 0.358. The molecule has 1 fully saturated rings. The molecule has 2 aromatic heterocycles. The second-order valence-corrected chi connectivity index (χ2v) is 9.95. The van der Waals surface area contributed by atoms with Crippen molar-refractivity contribution >= 4 is 27.2 Å². The van der Waals surface area contributed by atoms with Crippen LogP contribution in [0.5, 0.6) is 0 Å². The summed E-state index contributed by atoms with van der Waals surface area (Å²) in [4.78, 5) is 35.3. The number of sulfonamides is 1. The molecule has 4 rings (SSSR count). The summed E-state index contributed by atoms with van der Waals surface area (Å²) in [6.07, 6.45) is 3.09. The molecular formula is C20H22N8O6S. The second-order valence-electron chi connectivity index (χ2n) is 8.01. The standard InChI is InChI=1S/C20H22N8O6S/c1-13-17(27(29)30)8-16(9-18(13)28(31)32)35(33,34)25-6-4-24(5-7-25)19-10-20(22-11-21-19)26-12-23-14(2)15(26)3/h8-12H,4-7H2,1-3H3. The van der Waals surface area contributed by atoms with Gasteiger partial charge in [0.1, 0.15) is 29.9 Å². The lowest BCUT2D eigenvalue weighted by molar-refractivity contribution is -0.395. The first-order valence-electron chi connectivity index (χ1n) is 10.5. The summed E-state index contributed by atoms with van der Waals surface area (Å²) in [5.74, 6) is 1.24. The fourth-order valence-corrected chi connectivity index (χ4v) is 5.33. The van der Waals surface area contributed by atoms with E-state index >= 15 is 0 Å². The number of anilines is 1. The van der Waals surface area contributed by atoms with E-state index in [1.54, 1.807) is 12.4 Å². The molecule has 0 aliphatic carbocycles. The first-order chi connectivity index (χ1) is 16.5. The summed E-state index contributed by atoms with van der Waals surface area (Å²) in [6, 6.07) is 3.53. The smallest absolute Gasteiger partial charge is 0.280 e. The van der Waals surface area contributed by atoms with Gasteiger partial charge in [0.2, 0.25) is 10.0 Å². The molecule has 1 aromatic carbocycles. The number of nitro groups is 2. The second kappa shape index (κ2) is 8.99. The number of piperazine rings is 1. The highest BCUT2D eigenvalue weighted by molar-refractivity contribution is 7.89. The summed E-state index contributed by atoms with van der Waals surface area (Å²) >= 11 is 0. The Morgan fingerprint density at radius 2 is 1.43 bits per heavy atom. The lowest BCUT2D eigenvalue weighted by Crippen LogP contribution is -2.49. The normalized spacial score (nSPS) is 14.8. The number of imidazole rings is 1. The van der Waals surface area contributed by atoms with Crippen LogP contribution in [0, 0.1) is 41.0 Å². The van der Waals surface area contributed by atoms with Gasteiger partial charge in [0, 0.05) is 50.1 Å². The third-order valence-electron chi connectivity index (χ3n) is 6.06. The van der Waals surface area contributed by atoms with Gasteiger partial charge in [0.25, 0.3) is 11.4 Å². The summed E-state index contributed by atoms with van der Waals surface area (Å²) in [5, 5.41) is 22.7. The van der Waals surface area contributed by atoms with Gasteiger partial charge in [-0.3, -0.25) is 24.8 Å². The van der Waals surface area contributed by atoms with Crippen molar-refractivity contribution in [3.05, 3.63) is 68.0 Å². The monoisotopic (exact) mass is 502 g/mol. The molecule has 0 saturated carbocycles. The van der Waals surface area contributed by atoms with E-state index in [9.17, 15) is 28.6 Å². The van der Waals surface area contributed by atoms with Crippen LogP contribution in [0.3, 0.4) is 0 Å². The van der Waals surface area contributed by atoms with Crippen LogP contribution in [0.25, 0.3) is 5.82 Å². The van der Waals surface area contributed by atoms with Gasteiger partial charge in [-0.1, -0.05) is 0 Å². The SMILES string of the molecule is Cc1ncn(-c2cc(N3CCN(S(=O)(=O)c4cc([N+](=O)[O-])c(C)c([N+](=O)[O-])c4)CC3)ncn2)c1C. The van der Waals surface area contributed by atoms with Crippen LogP contribution in [-0.2, 0) is 10.0 Å². The van der Waals surface area contributed by atoms with E-state index in [2.05, 4.69) is 15.0 Å². The van der Waals surface area contributed by atoms with Gasteiger partial charge in [-0.15, -0.1) is 0 Å². The molecule has 3 heterocycles. The van der Waals surface area contributed by atoms with Crippen LogP contribution in [0.4, 0.5) is 17.2 Å². The molecule has 184 valence electrons. The Hall–Kier alpha value is -3.98. The van der Waals surface area contributed by atoms with E-state index in [1.807, 2.05) is 23.3 Å². The Morgan fingerprint density at radius 3 is 1.94 bits per heavy atom. The first kappa shape index (κ1) is 24.2. The molecule has 1 aliphatic rings. The molecular weight excluding hydrogens is 480 g/mol. The van der Waals surface area contributed by atoms with Crippen molar-refractivity contribution in [3.8, 4) is 5.82 Å². The van der Waals surface area contributed by atoms with E-state index < -0.39 is 36.1 Å². The highest BCUT2D eigenvalue weighted by atomic mass is 32.2. The zero-order valence-electron chi connectivity index (χ0n) is 19.2. The lowest BCUT2D eigenvalue weighted by Gasteiger charge is -2.34. The van der Waals surface area contributed by atoms with Gasteiger partial charge in [0.15, 0.2) is 0 Å². The van der Waals surface area contributed by atoms with Crippen molar-refractivity contribution in [2.45, 2.75) is 25.7 Å². The first-order valence-corrected chi connectivity index (χ1v) is 12.0. The van der Waals surface area contributed by atoms with E-state index in [0.717, 1.165) is 27.8 Å². The maximum atomic E-state index is 13.2. The largest absolute Gasteiger partial charge is 0.354 e. The third-order valence-corrected chi connectivity index (χ3v) is 7.93. The lowest BCUT2D eigenvalue weighted by atomic mass is 10.1. The molecule has 0 amide bonds. The molecule has 1 saturated heterocycles. The number of nitro benzene ring substituents is 2. The average Bonchev–Trinajstić information content (AvgIpc) is 3.17. The Bertz CT molecular complexity index is 1390. The number of aryl methyl sites for hydroxylation is 1. The fraction of sp³-hybridized carbons (Fsp3) is 0.350. The van der Waals surface area contributed by atoms with Gasteiger partial charge < -0.3 is 4.90 Å². The van der Waals surface area contributed by atoms with Crippen molar-refractivity contribution in [2.24, 2.45) is 0 Å². The van der Waals surface area contributed by atoms with Gasteiger partial charge in [0.05, 0.1) is 20.4 Å². The number of nitrogens with zero attached hydrogens (tertiary/aromatic N) is 8. The van der Waals surface area contributed by atoms with Crippen LogP contribution < -0.4 is 4.90 Å². The molecule has 3 aromatic rings. The van der Waals surface area contributed by atoms with Gasteiger partial charge in [-0.2, -0.15) is 4.31 Å². The molecule has 15 heteroatoms. The minimum Gasteiger partial charge on any atom is -0.354 e. The van der Waals surface area contributed by atoms with E-state index in [4.69, 9.17) is 0 Å². The molecule has 0 radical (unpaired) electrons. The van der Waals surface area contributed by atoms with Gasteiger partial charge in [-0.25, -0.2) is 23.4 Å². The molecule has 0 spiro atoms. The Kier molecular flexibility index (Phi) is 6.21. The summed E-state index contributed by atoms with van der Waals surface area (Å²) in [7, 11) is -4.20. The Labute approximate surface area is 200 Å². The Morgan fingerprint density at radius 1 is 0.857 bits per heavy atom. The zero-order valence-corrected chi connectivity index (χ0v) is 20.0. The number of hydrogen-bond donors (Lipinski definition) is 0. The van der Waals surface area contributed by atoms with E-state index in [1.165, 1.54) is 13.3 Å². The average molecular weight is 503 g/mol. The molecule has 1 aliphatic heterocycles. The molecule has 14 nitrogen and oxygen atoms in total. The molecule has 0 bridgehead atoms. The number of hydrogen-bond acceptors (Lipinski definition) is 10. The maximum Gasteiger partial charge on any atom is 0.280 e. The van der Waals surface area contributed by atoms with Crippen LogP contribution in [0.1, 0.15) is 17.0 Å². The van der Waals surface area contributed by atoms with Crippen molar-refractivity contribution in [1.29, 1.82) is 0 Å². The Balaban J connectivity index is 1.56. The fourth-order valence-electron chi connectivity index (χ4n) is 3.87. The molecule has 0 atom stereocenters. The van der Waals surface area contributed by atoms with E-state index in [0.29, 0.717) is 24.7 Å². The third kappa shape index (κ3) is 4.42. The zero-order chi connectivity index (χ0) is 25.5. The number of benzene rings is 1. The maximum absolute atomic E-state index is 13.2. The van der Waals surface area contributed by atoms with Crippen molar-refractivity contribution in [1.82, 2.24) is 23.8 Å². The number of rotatable bonds is 6. The predicted octanol–water partition coefficient (Wildman–Crippen LogP) is 1.91. The van der Waals surface area contributed by atoms with Gasteiger partial charge >= 0.3 is 0 Å². The van der Waals surface area contributed by atoms with Crippen LogP contribution in [0.15, 0.2) is 35.7 Å². The molecule has 35 heavy (non-hydrogen) atoms. The van der Waals surface area contributed by atoms with Crippen LogP contribution >= 0.6 is 0 Å². The minimum atomic E-state index is -4.20. The molecule has 0 N–H and O–H groups in total. The summed E-state index contributed by atoms with van der Waals surface area (Å²) in [5.41, 5.74) is 0.379. The predicted molar refractivity (Wildman–Crippen MR) is 124 cm³/mol. The van der Waals surface area contributed by atoms with Crippen molar-refractivity contribution in [2.75, 3.05) is 31.1 Å². The summed E-state index contributed by atoms with van der Waals surface area (Å²) in [6.45, 7) is 5.77. The van der Waals surface area contributed by atoms with Crippen LogP contribution in [-0.4, -0.2) is 68.3 Å². The summed E-state index contributed by atoms with van der Waals surface area (Å²) < 4.78 is 29.4. The topological polar surface area (TPSA) is 170 Å². The molecule has 0 unspecified atom stereocenters. The highest BCUT2D eigenvalue weighted by Gasteiger charge is 2.33. The van der Waals surface area contributed by atoms with E-state index in [-0.39, 0.29) is 18.7 Å². The van der Waals surface area contributed by atoms with Crippen molar-refractivity contribution < 1.29 is 18.3 Å². The van der Waals surface area contributed by atoms with Gasteiger partial charge in [-0.05, 0) is 20.8 Å². The minimum absolute atomic E-state index is 0.0698. The van der Waals surface area contributed by atoms with Crippen LogP contribution in [0.2, 0.25) is 0 Å². The highest BCUT2D eigenvalue weighted by Crippen LogP contribution is 2.33. The van der Waals surface area contributed by atoms with Crippen molar-refractivity contribution in [3.63, 3.8) is 0 Å². The number of aromatic nitrogens is 4.